The Labute approximate surface area is 75.2 Å². The van der Waals surface area contributed by atoms with E-state index in [2.05, 4.69) is 15.9 Å². The van der Waals surface area contributed by atoms with E-state index < -0.39 is 0 Å². The summed E-state index contributed by atoms with van der Waals surface area (Å²) in [5, 5.41) is 10.3. The zero-order chi connectivity index (χ0) is 8.27. The van der Waals surface area contributed by atoms with Gasteiger partial charge in [0.15, 0.2) is 0 Å². The molecule has 11 heavy (non-hydrogen) atoms. The van der Waals surface area contributed by atoms with Gasteiger partial charge in [-0.05, 0) is 30.5 Å². The number of rotatable bonds is 2. The standard InChI is InChI=1S/C9H11BrO/c1-7-8(5-6-10)3-2-4-9(7)11/h2-4,11H,5-6H2,1H3. The van der Waals surface area contributed by atoms with E-state index in [9.17, 15) is 5.11 Å². The largest absolute Gasteiger partial charge is 0.508 e. The number of hydrogen-bond donors (Lipinski definition) is 1. The summed E-state index contributed by atoms with van der Waals surface area (Å²) in [5.74, 6) is 0.392. The van der Waals surface area contributed by atoms with Crippen LogP contribution in [-0.2, 0) is 6.42 Å². The van der Waals surface area contributed by atoms with Gasteiger partial charge in [0.05, 0.1) is 0 Å². The second-order valence-electron chi connectivity index (χ2n) is 2.50. The van der Waals surface area contributed by atoms with E-state index in [4.69, 9.17) is 0 Å². The highest BCUT2D eigenvalue weighted by Gasteiger charge is 2.00. The fourth-order valence-electron chi connectivity index (χ4n) is 1.04. The molecule has 0 aliphatic heterocycles. The molecule has 2 heteroatoms. The van der Waals surface area contributed by atoms with Gasteiger partial charge in [0.25, 0.3) is 0 Å². The normalized spacial score (nSPS) is 10.0. The molecule has 0 amide bonds. The summed E-state index contributed by atoms with van der Waals surface area (Å²) < 4.78 is 0. The maximum atomic E-state index is 9.31. The molecule has 0 heterocycles. The smallest absolute Gasteiger partial charge is 0.118 e. The SMILES string of the molecule is Cc1c(O)cccc1CCBr. The van der Waals surface area contributed by atoms with Crippen molar-refractivity contribution in [2.45, 2.75) is 13.3 Å². The molecule has 60 valence electrons. The zero-order valence-electron chi connectivity index (χ0n) is 6.47. The fourth-order valence-corrected chi connectivity index (χ4v) is 1.47. The molecule has 0 spiro atoms. The number of phenolic OH excluding ortho intramolecular Hbond substituents is 1. The van der Waals surface area contributed by atoms with Gasteiger partial charge in [-0.3, -0.25) is 0 Å². The van der Waals surface area contributed by atoms with Crippen LogP contribution >= 0.6 is 15.9 Å². The first-order valence-electron chi connectivity index (χ1n) is 3.59. The zero-order valence-corrected chi connectivity index (χ0v) is 8.06. The third kappa shape index (κ3) is 1.96. The molecule has 1 rings (SSSR count). The Hall–Kier alpha value is -0.500. The highest BCUT2D eigenvalue weighted by Crippen LogP contribution is 2.19. The molecular weight excluding hydrogens is 204 g/mol. The van der Waals surface area contributed by atoms with Crippen LogP contribution in [0, 0.1) is 6.92 Å². The number of alkyl halides is 1. The average molecular weight is 215 g/mol. The molecule has 0 fully saturated rings. The van der Waals surface area contributed by atoms with E-state index in [1.807, 2.05) is 19.1 Å². The number of aryl methyl sites for hydroxylation is 1. The minimum atomic E-state index is 0.392. The Balaban J connectivity index is 2.96. The van der Waals surface area contributed by atoms with Gasteiger partial charge in [-0.25, -0.2) is 0 Å². The first kappa shape index (κ1) is 8.60. The van der Waals surface area contributed by atoms with Crippen LogP contribution < -0.4 is 0 Å². The first-order valence-corrected chi connectivity index (χ1v) is 4.71. The molecule has 0 radical (unpaired) electrons. The van der Waals surface area contributed by atoms with Crippen LogP contribution in [0.3, 0.4) is 0 Å². The van der Waals surface area contributed by atoms with Crippen molar-refractivity contribution in [1.82, 2.24) is 0 Å². The molecule has 1 nitrogen and oxygen atoms in total. The quantitative estimate of drug-likeness (QED) is 0.752. The molecular formula is C9H11BrO. The number of halogens is 1. The van der Waals surface area contributed by atoms with Crippen LogP contribution in [0.1, 0.15) is 11.1 Å². The molecule has 1 aromatic carbocycles. The first-order chi connectivity index (χ1) is 5.25. The summed E-state index contributed by atoms with van der Waals surface area (Å²) in [7, 11) is 0. The Morgan fingerprint density at radius 1 is 1.45 bits per heavy atom. The van der Waals surface area contributed by atoms with Crippen LogP contribution in [0.2, 0.25) is 0 Å². The lowest BCUT2D eigenvalue weighted by atomic mass is 10.1. The van der Waals surface area contributed by atoms with Gasteiger partial charge in [-0.2, -0.15) is 0 Å². The Kier molecular flexibility index (Phi) is 2.94. The number of benzene rings is 1. The molecule has 0 saturated carbocycles. The summed E-state index contributed by atoms with van der Waals surface area (Å²) in [5.41, 5.74) is 2.20. The van der Waals surface area contributed by atoms with Crippen LogP contribution in [0.5, 0.6) is 5.75 Å². The molecule has 1 aromatic rings. The van der Waals surface area contributed by atoms with Crippen molar-refractivity contribution in [3.8, 4) is 5.75 Å². The van der Waals surface area contributed by atoms with Crippen LogP contribution in [0.25, 0.3) is 0 Å². The minimum absolute atomic E-state index is 0.392. The molecule has 0 aliphatic carbocycles. The Morgan fingerprint density at radius 2 is 2.18 bits per heavy atom. The number of hydrogen-bond acceptors (Lipinski definition) is 1. The summed E-state index contributed by atoms with van der Waals surface area (Å²) in [6.07, 6.45) is 0.972. The van der Waals surface area contributed by atoms with Crippen molar-refractivity contribution in [2.75, 3.05) is 5.33 Å². The van der Waals surface area contributed by atoms with E-state index in [1.165, 1.54) is 5.56 Å². The lowest BCUT2D eigenvalue weighted by Crippen LogP contribution is -1.89. The van der Waals surface area contributed by atoms with Gasteiger partial charge >= 0.3 is 0 Å². The predicted octanol–water partition coefficient (Wildman–Crippen LogP) is 2.64. The van der Waals surface area contributed by atoms with Crippen LogP contribution in [0.4, 0.5) is 0 Å². The van der Waals surface area contributed by atoms with Crippen molar-refractivity contribution in [2.24, 2.45) is 0 Å². The van der Waals surface area contributed by atoms with Crippen molar-refractivity contribution in [3.63, 3.8) is 0 Å². The van der Waals surface area contributed by atoms with Gasteiger partial charge in [0.2, 0.25) is 0 Å². The Morgan fingerprint density at radius 3 is 2.82 bits per heavy atom. The Bertz CT molecular complexity index is 245. The second kappa shape index (κ2) is 3.77. The van der Waals surface area contributed by atoms with Gasteiger partial charge in [0.1, 0.15) is 5.75 Å². The summed E-state index contributed by atoms with van der Waals surface area (Å²) in [6.45, 7) is 1.94. The highest BCUT2D eigenvalue weighted by atomic mass is 79.9. The maximum Gasteiger partial charge on any atom is 0.118 e. The molecule has 0 saturated heterocycles. The van der Waals surface area contributed by atoms with Crippen LogP contribution in [-0.4, -0.2) is 10.4 Å². The lowest BCUT2D eigenvalue weighted by molar-refractivity contribution is 0.470. The van der Waals surface area contributed by atoms with Gasteiger partial charge < -0.3 is 5.11 Å². The highest BCUT2D eigenvalue weighted by molar-refractivity contribution is 9.09. The van der Waals surface area contributed by atoms with Crippen LogP contribution in [0.15, 0.2) is 18.2 Å². The van der Waals surface area contributed by atoms with E-state index in [1.54, 1.807) is 6.07 Å². The third-order valence-corrected chi connectivity index (χ3v) is 2.18. The summed E-state index contributed by atoms with van der Waals surface area (Å²) >= 11 is 3.36. The molecule has 1 N–H and O–H groups in total. The number of aromatic hydroxyl groups is 1. The topological polar surface area (TPSA) is 20.2 Å². The monoisotopic (exact) mass is 214 g/mol. The second-order valence-corrected chi connectivity index (χ2v) is 3.29. The minimum Gasteiger partial charge on any atom is -0.508 e. The van der Waals surface area contributed by atoms with Crippen molar-refractivity contribution in [1.29, 1.82) is 0 Å². The summed E-state index contributed by atoms with van der Waals surface area (Å²) in [4.78, 5) is 0. The van der Waals surface area contributed by atoms with Gasteiger partial charge in [-0.15, -0.1) is 0 Å². The molecule has 0 aliphatic rings. The van der Waals surface area contributed by atoms with Crippen molar-refractivity contribution >= 4 is 15.9 Å². The van der Waals surface area contributed by atoms with E-state index in [-0.39, 0.29) is 0 Å². The van der Waals surface area contributed by atoms with Crippen molar-refractivity contribution < 1.29 is 5.11 Å². The van der Waals surface area contributed by atoms with Gasteiger partial charge in [-0.1, -0.05) is 28.1 Å². The molecule has 0 unspecified atom stereocenters. The van der Waals surface area contributed by atoms with E-state index >= 15 is 0 Å². The maximum absolute atomic E-state index is 9.31. The third-order valence-electron chi connectivity index (χ3n) is 1.78. The van der Waals surface area contributed by atoms with E-state index in [0.29, 0.717) is 5.75 Å². The fraction of sp³-hybridized carbons (Fsp3) is 0.333. The molecule has 0 aromatic heterocycles. The number of phenols is 1. The van der Waals surface area contributed by atoms with Gasteiger partial charge in [0, 0.05) is 5.33 Å². The molecule has 0 bridgehead atoms. The van der Waals surface area contributed by atoms with E-state index in [0.717, 1.165) is 17.3 Å². The predicted molar refractivity (Wildman–Crippen MR) is 50.3 cm³/mol. The van der Waals surface area contributed by atoms with Crippen molar-refractivity contribution in [3.05, 3.63) is 29.3 Å². The summed E-state index contributed by atoms with van der Waals surface area (Å²) in [6, 6.07) is 5.63. The lowest BCUT2D eigenvalue weighted by Gasteiger charge is -2.04. The molecule has 0 atom stereocenters. The average Bonchev–Trinajstić information content (AvgIpc) is 1.99.